The monoisotopic (exact) mass is 424 g/mol. The van der Waals surface area contributed by atoms with E-state index in [1.165, 1.54) is 5.57 Å². The van der Waals surface area contributed by atoms with Crippen LogP contribution in [0.25, 0.3) is 0 Å². The van der Waals surface area contributed by atoms with Crippen molar-refractivity contribution in [3.05, 3.63) is 36.0 Å². The fraction of sp³-hybridized carbons (Fsp3) is 0.714. The molecule has 4 aliphatic rings. The van der Waals surface area contributed by atoms with E-state index in [0.29, 0.717) is 29.9 Å². The van der Waals surface area contributed by atoms with Gasteiger partial charge in [-0.15, -0.1) is 0 Å². The van der Waals surface area contributed by atoms with Crippen LogP contribution in [0.2, 0.25) is 0 Å². The van der Waals surface area contributed by atoms with Gasteiger partial charge in [0.2, 0.25) is 0 Å². The quantitative estimate of drug-likeness (QED) is 0.367. The maximum absolute atomic E-state index is 13.1. The van der Waals surface area contributed by atoms with E-state index in [2.05, 4.69) is 33.9 Å². The second kappa shape index (κ2) is 7.83. The van der Waals surface area contributed by atoms with Crippen LogP contribution in [0, 0.1) is 28.6 Å². The standard InChI is InChI=1S/C28H40O3/c1-7-8-9-16-31-28(20(4)29)15-13-23-22-11-10-21-17-25(30)18(2)19(3)27(21,6)24(22)12-14-26(23,28)5/h17,22-24H,2-3,7-16H2,1,4-6H3/t22-,23-,24-,26-,27-,28-/m0/s1. The van der Waals surface area contributed by atoms with Gasteiger partial charge in [0.05, 0.1) is 0 Å². The minimum Gasteiger partial charge on any atom is -0.367 e. The molecule has 31 heavy (non-hydrogen) atoms. The van der Waals surface area contributed by atoms with Crippen molar-refractivity contribution in [3.63, 3.8) is 0 Å². The van der Waals surface area contributed by atoms with Crippen LogP contribution in [-0.2, 0) is 14.3 Å². The second-order valence-electron chi connectivity index (χ2n) is 11.0. The number of Topliss-reactive ketones (excluding diaryl/α,β-unsaturated/α-hetero) is 1. The highest BCUT2D eigenvalue weighted by molar-refractivity contribution is 6.09. The molecule has 0 aromatic carbocycles. The molecule has 3 nitrogen and oxygen atoms in total. The zero-order valence-corrected chi connectivity index (χ0v) is 20.0. The average Bonchev–Trinajstić information content (AvgIpc) is 3.04. The molecule has 0 aliphatic heterocycles. The van der Waals surface area contributed by atoms with Crippen LogP contribution in [0.4, 0.5) is 0 Å². The van der Waals surface area contributed by atoms with Gasteiger partial charge in [0, 0.05) is 23.0 Å². The molecule has 3 fully saturated rings. The molecule has 0 unspecified atom stereocenters. The maximum atomic E-state index is 13.1. The van der Waals surface area contributed by atoms with Gasteiger partial charge >= 0.3 is 0 Å². The molecule has 0 aromatic rings. The molecule has 4 aliphatic carbocycles. The third-order valence-electron chi connectivity index (χ3n) is 9.97. The Balaban J connectivity index is 1.66. The van der Waals surface area contributed by atoms with E-state index in [0.717, 1.165) is 63.4 Å². The van der Waals surface area contributed by atoms with Crippen molar-refractivity contribution in [3.8, 4) is 0 Å². The van der Waals surface area contributed by atoms with Crippen molar-refractivity contribution < 1.29 is 14.3 Å². The van der Waals surface area contributed by atoms with E-state index in [1.54, 1.807) is 6.92 Å². The van der Waals surface area contributed by atoms with Crippen molar-refractivity contribution in [1.29, 1.82) is 0 Å². The number of allylic oxidation sites excluding steroid dienone is 3. The van der Waals surface area contributed by atoms with Crippen molar-refractivity contribution in [2.24, 2.45) is 28.6 Å². The first kappa shape index (κ1) is 22.7. The fourth-order valence-corrected chi connectivity index (χ4v) is 8.09. The Hall–Kier alpha value is -1.48. The third-order valence-corrected chi connectivity index (χ3v) is 9.97. The highest BCUT2D eigenvalue weighted by Gasteiger charge is 2.67. The molecule has 0 heterocycles. The first-order valence-electron chi connectivity index (χ1n) is 12.4. The van der Waals surface area contributed by atoms with Crippen LogP contribution in [-0.4, -0.2) is 23.8 Å². The summed E-state index contributed by atoms with van der Waals surface area (Å²) >= 11 is 0. The maximum Gasteiger partial charge on any atom is 0.185 e. The van der Waals surface area contributed by atoms with E-state index in [9.17, 15) is 9.59 Å². The van der Waals surface area contributed by atoms with Gasteiger partial charge in [-0.05, 0) is 81.3 Å². The second-order valence-corrected chi connectivity index (χ2v) is 11.0. The smallest absolute Gasteiger partial charge is 0.185 e. The van der Waals surface area contributed by atoms with E-state index >= 15 is 0 Å². The van der Waals surface area contributed by atoms with Gasteiger partial charge in [-0.1, -0.05) is 52.3 Å². The SMILES string of the molecule is C=C1C(=C)[C@@]2(C)C(=CC1=O)CC[C@@H]1[C@@H]2CC[C@@]2(C)[C@H]1CC[C@]2(OCCCCC)C(C)=O. The zero-order chi connectivity index (χ0) is 22.6. The predicted octanol–water partition coefficient (Wildman–Crippen LogP) is 6.39. The van der Waals surface area contributed by atoms with Gasteiger partial charge in [-0.3, -0.25) is 9.59 Å². The van der Waals surface area contributed by atoms with Crippen molar-refractivity contribution in [2.75, 3.05) is 6.61 Å². The van der Waals surface area contributed by atoms with Gasteiger partial charge in [0.1, 0.15) is 5.60 Å². The molecule has 0 N–H and O–H groups in total. The Morgan fingerprint density at radius 1 is 1.13 bits per heavy atom. The Bertz CT molecular complexity index is 850. The molecule has 0 bridgehead atoms. The first-order chi connectivity index (χ1) is 14.6. The van der Waals surface area contributed by atoms with Crippen LogP contribution >= 0.6 is 0 Å². The Morgan fingerprint density at radius 2 is 1.84 bits per heavy atom. The molecule has 0 amide bonds. The molecule has 0 aromatic heterocycles. The Labute approximate surface area is 188 Å². The number of unbranched alkanes of at least 4 members (excludes halogenated alkanes) is 2. The van der Waals surface area contributed by atoms with Crippen molar-refractivity contribution >= 4 is 11.6 Å². The number of ether oxygens (including phenoxy) is 1. The number of rotatable bonds is 6. The Morgan fingerprint density at radius 3 is 2.52 bits per heavy atom. The normalized spacial score (nSPS) is 42.0. The van der Waals surface area contributed by atoms with Gasteiger partial charge < -0.3 is 4.74 Å². The van der Waals surface area contributed by atoms with Gasteiger partial charge in [0.15, 0.2) is 11.6 Å². The lowest BCUT2D eigenvalue weighted by Gasteiger charge is -2.59. The predicted molar refractivity (Wildman–Crippen MR) is 125 cm³/mol. The van der Waals surface area contributed by atoms with E-state index in [4.69, 9.17) is 4.74 Å². The van der Waals surface area contributed by atoms with E-state index in [1.807, 2.05) is 6.08 Å². The highest BCUT2D eigenvalue weighted by Crippen LogP contribution is 2.69. The summed E-state index contributed by atoms with van der Waals surface area (Å²) < 4.78 is 6.55. The van der Waals surface area contributed by atoms with E-state index in [-0.39, 0.29) is 22.4 Å². The number of hydrogen-bond acceptors (Lipinski definition) is 3. The van der Waals surface area contributed by atoms with Crippen LogP contribution in [0.5, 0.6) is 0 Å². The topological polar surface area (TPSA) is 43.4 Å². The number of carbonyl (C=O) groups is 2. The summed E-state index contributed by atoms with van der Waals surface area (Å²) in [4.78, 5) is 25.5. The molecule has 3 heteroatoms. The van der Waals surface area contributed by atoms with Crippen LogP contribution < -0.4 is 0 Å². The molecule has 3 saturated carbocycles. The molecular weight excluding hydrogens is 384 g/mol. The summed E-state index contributed by atoms with van der Waals surface area (Å²) in [6.45, 7) is 17.7. The summed E-state index contributed by atoms with van der Waals surface area (Å²) in [6.07, 6.45) is 11.2. The third kappa shape index (κ3) is 3.02. The van der Waals surface area contributed by atoms with Crippen LogP contribution in [0.1, 0.15) is 85.5 Å². The molecule has 170 valence electrons. The lowest BCUT2D eigenvalue weighted by Crippen LogP contribution is -2.58. The molecule has 6 atom stereocenters. The molecule has 4 rings (SSSR count). The summed E-state index contributed by atoms with van der Waals surface area (Å²) in [5.41, 5.74) is 1.87. The van der Waals surface area contributed by atoms with Gasteiger partial charge in [0.25, 0.3) is 0 Å². The lowest BCUT2D eigenvalue weighted by atomic mass is 9.45. The fourth-order valence-electron chi connectivity index (χ4n) is 8.09. The van der Waals surface area contributed by atoms with Gasteiger partial charge in [-0.2, -0.15) is 0 Å². The molecule has 0 saturated heterocycles. The average molecular weight is 425 g/mol. The lowest BCUT2D eigenvalue weighted by molar-refractivity contribution is -0.174. The number of carbonyl (C=O) groups excluding carboxylic acids is 2. The number of ketones is 2. The first-order valence-corrected chi connectivity index (χ1v) is 12.4. The number of fused-ring (bicyclic) bond motifs is 5. The van der Waals surface area contributed by atoms with Gasteiger partial charge in [-0.25, -0.2) is 0 Å². The van der Waals surface area contributed by atoms with Crippen molar-refractivity contribution in [2.45, 2.75) is 91.1 Å². The van der Waals surface area contributed by atoms with E-state index < -0.39 is 5.60 Å². The minimum absolute atomic E-state index is 0.0357. The summed E-state index contributed by atoms with van der Waals surface area (Å²) in [7, 11) is 0. The minimum atomic E-state index is -0.628. The van der Waals surface area contributed by atoms with Crippen LogP contribution in [0.15, 0.2) is 36.0 Å². The summed E-state index contributed by atoms with van der Waals surface area (Å²) in [5, 5.41) is 0. The van der Waals surface area contributed by atoms with Crippen molar-refractivity contribution in [1.82, 2.24) is 0 Å². The van der Waals surface area contributed by atoms with Crippen LogP contribution in [0.3, 0.4) is 0 Å². The molecule has 0 spiro atoms. The Kier molecular flexibility index (Phi) is 5.74. The number of hydrogen-bond donors (Lipinski definition) is 0. The summed E-state index contributed by atoms with van der Waals surface area (Å²) in [6, 6.07) is 0. The highest BCUT2D eigenvalue weighted by atomic mass is 16.5. The largest absolute Gasteiger partial charge is 0.367 e. The molecule has 0 radical (unpaired) electrons. The zero-order valence-electron chi connectivity index (χ0n) is 20.0. The molecular formula is C28H40O3. The summed E-state index contributed by atoms with van der Waals surface area (Å²) in [5.74, 6) is 1.74.